The van der Waals surface area contributed by atoms with E-state index in [1.165, 1.54) is 5.56 Å². The van der Waals surface area contributed by atoms with E-state index in [4.69, 9.17) is 10.5 Å². The molecule has 110 valence electrons. The molecule has 3 N–H and O–H groups in total. The number of benzene rings is 2. The van der Waals surface area contributed by atoms with Gasteiger partial charge >= 0.3 is 0 Å². The van der Waals surface area contributed by atoms with E-state index >= 15 is 0 Å². The van der Waals surface area contributed by atoms with Crippen molar-refractivity contribution in [3.05, 3.63) is 59.7 Å². The van der Waals surface area contributed by atoms with Crippen molar-refractivity contribution < 1.29 is 9.53 Å². The minimum atomic E-state index is -0.0951. The third kappa shape index (κ3) is 4.24. The molecular formula is C17H20N2O2. The molecule has 0 heterocycles. The molecule has 0 unspecified atom stereocenters. The zero-order chi connectivity index (χ0) is 15.1. The molecule has 0 fully saturated rings. The second-order valence-corrected chi connectivity index (χ2v) is 4.69. The summed E-state index contributed by atoms with van der Waals surface area (Å²) >= 11 is 0. The highest BCUT2D eigenvalue weighted by atomic mass is 16.5. The Morgan fingerprint density at radius 3 is 2.52 bits per heavy atom. The van der Waals surface area contributed by atoms with Crippen LogP contribution in [0.5, 0.6) is 5.75 Å². The van der Waals surface area contributed by atoms with Crippen molar-refractivity contribution in [1.29, 1.82) is 0 Å². The largest absolute Gasteiger partial charge is 0.490 e. The highest BCUT2D eigenvalue weighted by Crippen LogP contribution is 2.19. The summed E-state index contributed by atoms with van der Waals surface area (Å²) in [4.78, 5) is 11.9. The van der Waals surface area contributed by atoms with E-state index in [1.807, 2.05) is 36.4 Å². The first-order valence-corrected chi connectivity index (χ1v) is 7.05. The number of carbonyl (C=O) groups excluding carboxylic acids is 1. The van der Waals surface area contributed by atoms with Crippen LogP contribution in [0.15, 0.2) is 48.5 Å². The summed E-state index contributed by atoms with van der Waals surface area (Å²) in [5.41, 5.74) is 8.24. The van der Waals surface area contributed by atoms with E-state index in [-0.39, 0.29) is 5.91 Å². The van der Waals surface area contributed by atoms with Gasteiger partial charge in [0.05, 0.1) is 12.2 Å². The first-order valence-electron chi connectivity index (χ1n) is 7.05. The van der Waals surface area contributed by atoms with E-state index in [0.29, 0.717) is 30.2 Å². The smallest absolute Gasteiger partial charge is 0.251 e. The van der Waals surface area contributed by atoms with E-state index < -0.39 is 0 Å². The van der Waals surface area contributed by atoms with Crippen LogP contribution in [0.4, 0.5) is 5.69 Å². The Morgan fingerprint density at radius 1 is 1.14 bits per heavy atom. The number of hydrogen-bond donors (Lipinski definition) is 2. The third-order valence-electron chi connectivity index (χ3n) is 3.19. The maximum atomic E-state index is 11.9. The predicted octanol–water partition coefficient (Wildman–Crippen LogP) is 2.64. The van der Waals surface area contributed by atoms with E-state index in [1.54, 1.807) is 12.1 Å². The molecule has 0 aliphatic heterocycles. The van der Waals surface area contributed by atoms with Gasteiger partial charge in [-0.25, -0.2) is 0 Å². The van der Waals surface area contributed by atoms with Gasteiger partial charge in [0.2, 0.25) is 0 Å². The van der Waals surface area contributed by atoms with Crippen LogP contribution < -0.4 is 15.8 Å². The van der Waals surface area contributed by atoms with E-state index in [9.17, 15) is 4.79 Å². The molecular weight excluding hydrogens is 264 g/mol. The summed E-state index contributed by atoms with van der Waals surface area (Å²) in [6.45, 7) is 2.90. The number of nitrogens with two attached hydrogens (primary N) is 1. The number of anilines is 1. The summed E-state index contributed by atoms with van der Waals surface area (Å²) in [5.74, 6) is 0.543. The number of amides is 1. The second kappa shape index (κ2) is 7.33. The maximum Gasteiger partial charge on any atom is 0.251 e. The minimum Gasteiger partial charge on any atom is -0.490 e. The Balaban J connectivity index is 1.77. The lowest BCUT2D eigenvalue weighted by Gasteiger charge is -2.09. The molecule has 0 saturated heterocycles. The van der Waals surface area contributed by atoms with Gasteiger partial charge in [-0.15, -0.1) is 0 Å². The van der Waals surface area contributed by atoms with Crippen LogP contribution in [0.2, 0.25) is 0 Å². The fraction of sp³-hybridized carbons (Fsp3) is 0.235. The second-order valence-electron chi connectivity index (χ2n) is 4.69. The molecule has 0 aliphatic carbocycles. The number of carbonyl (C=O) groups is 1. The van der Waals surface area contributed by atoms with Crippen molar-refractivity contribution in [1.82, 2.24) is 5.32 Å². The molecule has 0 spiro atoms. The summed E-state index contributed by atoms with van der Waals surface area (Å²) in [6, 6.07) is 14.9. The summed E-state index contributed by atoms with van der Waals surface area (Å²) in [6.07, 6.45) is 0.967. The number of nitrogen functional groups attached to an aromatic ring is 1. The van der Waals surface area contributed by atoms with Crippen molar-refractivity contribution in [2.75, 3.05) is 18.9 Å². The predicted molar refractivity (Wildman–Crippen MR) is 84.5 cm³/mol. The summed E-state index contributed by atoms with van der Waals surface area (Å²) in [5, 5.41) is 2.82. The zero-order valence-electron chi connectivity index (χ0n) is 12.1. The lowest BCUT2D eigenvalue weighted by molar-refractivity contribution is 0.0947. The van der Waals surface area contributed by atoms with Crippen LogP contribution in [-0.4, -0.2) is 19.1 Å². The van der Waals surface area contributed by atoms with Crippen molar-refractivity contribution in [3.8, 4) is 5.75 Å². The fourth-order valence-corrected chi connectivity index (χ4v) is 1.93. The number of aryl methyl sites for hydroxylation is 1. The SMILES string of the molecule is CCc1ccc(C(=O)NCCOc2ccccc2N)cc1. The number of hydrogen-bond acceptors (Lipinski definition) is 3. The number of para-hydroxylation sites is 2. The Morgan fingerprint density at radius 2 is 1.86 bits per heavy atom. The highest BCUT2D eigenvalue weighted by molar-refractivity contribution is 5.94. The van der Waals surface area contributed by atoms with Crippen molar-refractivity contribution in [2.45, 2.75) is 13.3 Å². The van der Waals surface area contributed by atoms with Gasteiger partial charge in [0.25, 0.3) is 5.91 Å². The van der Waals surface area contributed by atoms with E-state index in [2.05, 4.69) is 12.2 Å². The molecule has 21 heavy (non-hydrogen) atoms. The van der Waals surface area contributed by atoms with Crippen molar-refractivity contribution in [3.63, 3.8) is 0 Å². The van der Waals surface area contributed by atoms with Crippen LogP contribution in [0.1, 0.15) is 22.8 Å². The average molecular weight is 284 g/mol. The van der Waals surface area contributed by atoms with Gasteiger partial charge in [-0.1, -0.05) is 31.2 Å². The van der Waals surface area contributed by atoms with Gasteiger partial charge in [-0.05, 0) is 36.2 Å². The monoisotopic (exact) mass is 284 g/mol. The fourth-order valence-electron chi connectivity index (χ4n) is 1.93. The summed E-state index contributed by atoms with van der Waals surface area (Å²) in [7, 11) is 0. The van der Waals surface area contributed by atoms with Crippen LogP contribution in [0.3, 0.4) is 0 Å². The molecule has 0 aromatic heterocycles. The standard InChI is InChI=1S/C17H20N2O2/c1-2-13-7-9-14(10-8-13)17(20)19-11-12-21-16-6-4-3-5-15(16)18/h3-10H,2,11-12,18H2,1H3,(H,19,20). The number of rotatable bonds is 6. The lowest BCUT2D eigenvalue weighted by Crippen LogP contribution is -2.28. The molecule has 0 saturated carbocycles. The molecule has 2 aromatic carbocycles. The molecule has 2 aromatic rings. The van der Waals surface area contributed by atoms with Gasteiger partial charge in [-0.2, -0.15) is 0 Å². The zero-order valence-corrected chi connectivity index (χ0v) is 12.1. The van der Waals surface area contributed by atoms with Crippen LogP contribution in [0, 0.1) is 0 Å². The molecule has 0 bridgehead atoms. The van der Waals surface area contributed by atoms with Crippen LogP contribution >= 0.6 is 0 Å². The molecule has 2 rings (SSSR count). The lowest BCUT2D eigenvalue weighted by atomic mass is 10.1. The Bertz CT molecular complexity index is 594. The Labute approximate surface area is 124 Å². The highest BCUT2D eigenvalue weighted by Gasteiger charge is 2.04. The summed E-state index contributed by atoms with van der Waals surface area (Å²) < 4.78 is 5.52. The van der Waals surface area contributed by atoms with Gasteiger partial charge in [-0.3, -0.25) is 4.79 Å². The van der Waals surface area contributed by atoms with Gasteiger partial charge < -0.3 is 15.8 Å². The normalized spacial score (nSPS) is 10.1. The molecule has 4 nitrogen and oxygen atoms in total. The first-order chi connectivity index (χ1) is 10.2. The number of nitrogens with one attached hydrogen (secondary N) is 1. The van der Waals surface area contributed by atoms with E-state index in [0.717, 1.165) is 6.42 Å². The first kappa shape index (κ1) is 14.9. The van der Waals surface area contributed by atoms with Crippen LogP contribution in [-0.2, 0) is 6.42 Å². The Hall–Kier alpha value is -2.49. The van der Waals surface area contributed by atoms with Gasteiger partial charge in [0, 0.05) is 5.56 Å². The topological polar surface area (TPSA) is 64.3 Å². The number of ether oxygens (including phenoxy) is 1. The van der Waals surface area contributed by atoms with Crippen molar-refractivity contribution in [2.24, 2.45) is 0 Å². The molecule has 1 amide bonds. The molecule has 0 aliphatic rings. The molecule has 0 radical (unpaired) electrons. The van der Waals surface area contributed by atoms with Gasteiger partial charge in [0.15, 0.2) is 0 Å². The molecule has 4 heteroatoms. The quantitative estimate of drug-likeness (QED) is 0.633. The minimum absolute atomic E-state index is 0.0951. The average Bonchev–Trinajstić information content (AvgIpc) is 2.53. The molecule has 0 atom stereocenters. The maximum absolute atomic E-state index is 11.9. The third-order valence-corrected chi connectivity index (χ3v) is 3.19. The van der Waals surface area contributed by atoms with Crippen molar-refractivity contribution >= 4 is 11.6 Å². The Kier molecular flexibility index (Phi) is 5.21. The van der Waals surface area contributed by atoms with Crippen LogP contribution in [0.25, 0.3) is 0 Å². The van der Waals surface area contributed by atoms with Gasteiger partial charge in [0.1, 0.15) is 12.4 Å².